The predicted octanol–water partition coefficient (Wildman–Crippen LogP) is 14.4. The summed E-state index contributed by atoms with van der Waals surface area (Å²) in [6.07, 6.45) is 40.4. The topological polar surface area (TPSA) is 82.1 Å². The van der Waals surface area contributed by atoms with Crippen LogP contribution in [0.5, 0.6) is 0 Å². The van der Waals surface area contributed by atoms with E-state index in [1.54, 1.807) is 0 Å². The Bertz CT molecular complexity index is 848. The number of nitrogens with zero attached hydrogens (tertiary/aromatic N) is 1. The number of rotatable bonds is 44. The average molecular weight is 794 g/mol. The zero-order valence-corrected chi connectivity index (χ0v) is 38.1. The lowest BCUT2D eigenvalue weighted by Gasteiger charge is -2.19. The third kappa shape index (κ3) is 40.6. The molecule has 0 aliphatic carbocycles. The first-order chi connectivity index (χ1) is 27.3. The van der Waals surface area contributed by atoms with Crippen LogP contribution in [0.4, 0.5) is 0 Å². The Balaban J connectivity index is 4.40. The summed E-state index contributed by atoms with van der Waals surface area (Å²) in [4.78, 5) is 39.8. The van der Waals surface area contributed by atoms with E-state index in [9.17, 15) is 14.4 Å². The van der Waals surface area contributed by atoms with E-state index in [1.807, 2.05) is 14.1 Å². The molecule has 1 atom stereocenters. The lowest BCUT2D eigenvalue weighted by Crippen LogP contribution is -2.20. The van der Waals surface area contributed by atoms with E-state index in [-0.39, 0.29) is 30.1 Å². The molecule has 0 amide bonds. The zero-order valence-electron chi connectivity index (χ0n) is 38.1. The highest BCUT2D eigenvalue weighted by molar-refractivity contribution is 5.70. The number of unbranched alkanes of at least 4 members (excludes halogenated alkanes) is 24. The van der Waals surface area contributed by atoms with Crippen LogP contribution in [0.1, 0.15) is 258 Å². The minimum atomic E-state index is -0.0956. The summed E-state index contributed by atoms with van der Waals surface area (Å²) in [7, 11) is 4.05. The largest absolute Gasteiger partial charge is 0.466 e. The first-order valence-corrected chi connectivity index (χ1v) is 24.5. The lowest BCUT2D eigenvalue weighted by atomic mass is 10.0. The smallest absolute Gasteiger partial charge is 0.306 e. The van der Waals surface area contributed by atoms with Crippen molar-refractivity contribution >= 4 is 17.9 Å². The van der Waals surface area contributed by atoms with Crippen molar-refractivity contribution in [3.63, 3.8) is 0 Å². The molecule has 56 heavy (non-hydrogen) atoms. The summed E-state index contributed by atoms with van der Waals surface area (Å²) in [5, 5.41) is 0. The van der Waals surface area contributed by atoms with Gasteiger partial charge in [-0.15, -0.1) is 0 Å². The highest BCUT2D eigenvalue weighted by atomic mass is 16.5. The number of esters is 3. The Morgan fingerprint density at radius 2 is 0.679 bits per heavy atom. The van der Waals surface area contributed by atoms with Gasteiger partial charge in [0, 0.05) is 19.3 Å². The second-order valence-electron chi connectivity index (χ2n) is 17.2. The van der Waals surface area contributed by atoms with Crippen LogP contribution in [0.25, 0.3) is 0 Å². The molecule has 0 saturated carbocycles. The van der Waals surface area contributed by atoms with Crippen LogP contribution in [-0.2, 0) is 28.6 Å². The normalized spacial score (nSPS) is 12.1. The minimum absolute atomic E-state index is 0.0136. The van der Waals surface area contributed by atoms with Gasteiger partial charge in [-0.2, -0.15) is 0 Å². The van der Waals surface area contributed by atoms with Gasteiger partial charge in [-0.3, -0.25) is 14.4 Å². The van der Waals surface area contributed by atoms with Gasteiger partial charge in [-0.1, -0.05) is 162 Å². The predicted molar refractivity (Wildman–Crippen MR) is 237 cm³/mol. The van der Waals surface area contributed by atoms with Crippen LogP contribution in [0.3, 0.4) is 0 Å². The van der Waals surface area contributed by atoms with Gasteiger partial charge >= 0.3 is 17.9 Å². The van der Waals surface area contributed by atoms with Crippen LogP contribution >= 0.6 is 0 Å². The molecular weight excluding hydrogens is 699 g/mol. The molecule has 7 heteroatoms. The molecule has 0 aliphatic heterocycles. The molecule has 7 nitrogen and oxygen atoms in total. The fourth-order valence-electron chi connectivity index (χ4n) is 7.52. The maximum Gasteiger partial charge on any atom is 0.306 e. The third-order valence-electron chi connectivity index (χ3n) is 11.2. The van der Waals surface area contributed by atoms with Crippen molar-refractivity contribution in [1.82, 2.24) is 4.90 Å². The first-order valence-electron chi connectivity index (χ1n) is 24.5. The number of ether oxygens (including phenoxy) is 3. The van der Waals surface area contributed by atoms with E-state index >= 15 is 0 Å². The molecule has 0 heterocycles. The highest BCUT2D eigenvalue weighted by Gasteiger charge is 2.16. The Hall–Kier alpha value is -1.63. The zero-order chi connectivity index (χ0) is 41.2. The second-order valence-corrected chi connectivity index (χ2v) is 17.2. The monoisotopic (exact) mass is 794 g/mol. The molecule has 0 rings (SSSR count). The molecular formula is C49H95NO6. The van der Waals surface area contributed by atoms with Crippen molar-refractivity contribution in [2.24, 2.45) is 0 Å². The molecule has 1 unspecified atom stereocenters. The van der Waals surface area contributed by atoms with E-state index in [4.69, 9.17) is 14.2 Å². The van der Waals surface area contributed by atoms with Gasteiger partial charge in [0.1, 0.15) is 12.2 Å². The molecule has 0 fully saturated rings. The average Bonchev–Trinajstić information content (AvgIpc) is 3.17. The van der Waals surface area contributed by atoms with Gasteiger partial charge in [-0.25, -0.2) is 0 Å². The number of hydrogen-bond acceptors (Lipinski definition) is 7. The fourth-order valence-corrected chi connectivity index (χ4v) is 7.52. The number of hydrogen-bond donors (Lipinski definition) is 0. The maximum atomic E-state index is 12.8. The highest BCUT2D eigenvalue weighted by Crippen LogP contribution is 2.20. The van der Waals surface area contributed by atoms with Crippen molar-refractivity contribution < 1.29 is 28.6 Å². The number of carbonyl (C=O) groups excluding carboxylic acids is 3. The van der Waals surface area contributed by atoms with Gasteiger partial charge in [-0.05, 0) is 97.7 Å². The van der Waals surface area contributed by atoms with E-state index in [1.165, 1.54) is 109 Å². The molecule has 0 aromatic rings. The van der Waals surface area contributed by atoms with Gasteiger partial charge in [0.05, 0.1) is 6.61 Å². The third-order valence-corrected chi connectivity index (χ3v) is 11.2. The Morgan fingerprint density at radius 3 is 1.07 bits per heavy atom. The summed E-state index contributed by atoms with van der Waals surface area (Å²) in [5.41, 5.74) is 0. The van der Waals surface area contributed by atoms with Crippen LogP contribution in [0.2, 0.25) is 0 Å². The Labute approximate surface area is 348 Å². The summed E-state index contributed by atoms with van der Waals surface area (Å²) >= 11 is 0. The van der Waals surface area contributed by atoms with Crippen LogP contribution < -0.4 is 0 Å². The molecule has 0 aliphatic rings. The standard InChI is InChI=1S/C49H95NO6/c1-6-9-12-15-18-19-20-26-34-44-54-47(51)40-33-27-31-39-46(56-49(53)42-35-43-50(4)5)38-30-24-21-25-32-41-48(52)55-45(36-28-22-16-13-10-7-2)37-29-23-17-14-11-8-3/h45-46H,6-44H2,1-5H3. The van der Waals surface area contributed by atoms with E-state index in [0.717, 1.165) is 116 Å². The minimum Gasteiger partial charge on any atom is -0.466 e. The van der Waals surface area contributed by atoms with E-state index in [2.05, 4.69) is 25.7 Å². The molecule has 0 aromatic heterocycles. The first kappa shape index (κ1) is 54.4. The maximum absolute atomic E-state index is 12.8. The van der Waals surface area contributed by atoms with Crippen LogP contribution in [-0.4, -0.2) is 62.3 Å². The molecule has 0 aromatic carbocycles. The van der Waals surface area contributed by atoms with Gasteiger partial charge in [0.25, 0.3) is 0 Å². The Morgan fingerprint density at radius 1 is 0.375 bits per heavy atom. The summed E-state index contributed by atoms with van der Waals surface area (Å²) in [6.45, 7) is 8.19. The van der Waals surface area contributed by atoms with Crippen LogP contribution in [0, 0.1) is 0 Å². The second kappa shape index (κ2) is 43.0. The van der Waals surface area contributed by atoms with E-state index < -0.39 is 0 Å². The Kier molecular flexibility index (Phi) is 41.7. The quantitative estimate of drug-likeness (QED) is 0.0345. The molecule has 332 valence electrons. The molecule has 0 N–H and O–H groups in total. The van der Waals surface area contributed by atoms with Crippen LogP contribution in [0.15, 0.2) is 0 Å². The van der Waals surface area contributed by atoms with Crippen molar-refractivity contribution in [1.29, 1.82) is 0 Å². The van der Waals surface area contributed by atoms with Crippen molar-refractivity contribution in [3.8, 4) is 0 Å². The van der Waals surface area contributed by atoms with Crippen molar-refractivity contribution in [3.05, 3.63) is 0 Å². The lowest BCUT2D eigenvalue weighted by molar-refractivity contribution is -0.151. The summed E-state index contributed by atoms with van der Waals surface area (Å²) < 4.78 is 17.5. The summed E-state index contributed by atoms with van der Waals surface area (Å²) in [5.74, 6) is -0.190. The SMILES string of the molecule is CCCCCCCCCCCOC(=O)CCCCCC(CCCCCCCC(=O)OC(CCCCCCCC)CCCCCCCC)OC(=O)CCCN(C)C. The van der Waals surface area contributed by atoms with Crippen molar-refractivity contribution in [2.45, 2.75) is 271 Å². The van der Waals surface area contributed by atoms with Gasteiger partial charge in [0.2, 0.25) is 0 Å². The van der Waals surface area contributed by atoms with Crippen molar-refractivity contribution in [2.75, 3.05) is 27.2 Å². The molecule has 0 radical (unpaired) electrons. The fraction of sp³-hybridized carbons (Fsp3) is 0.939. The summed E-state index contributed by atoms with van der Waals surface area (Å²) in [6, 6.07) is 0. The molecule has 0 saturated heterocycles. The van der Waals surface area contributed by atoms with Gasteiger partial charge in [0.15, 0.2) is 0 Å². The van der Waals surface area contributed by atoms with Gasteiger partial charge < -0.3 is 19.1 Å². The molecule has 0 spiro atoms. The van der Waals surface area contributed by atoms with E-state index in [0.29, 0.717) is 25.9 Å². The number of carbonyl (C=O) groups is 3. The molecule has 0 bridgehead atoms.